The van der Waals surface area contributed by atoms with Gasteiger partial charge in [0.1, 0.15) is 11.5 Å². The minimum absolute atomic E-state index is 0.0890. The fourth-order valence-electron chi connectivity index (χ4n) is 5.05. The number of rotatable bonds is 7. The third-order valence-corrected chi connectivity index (χ3v) is 8.11. The number of hydrogen-bond acceptors (Lipinski definition) is 4. The molecule has 0 fully saturated rings. The van der Waals surface area contributed by atoms with Crippen molar-refractivity contribution in [3.8, 4) is 11.5 Å². The summed E-state index contributed by atoms with van der Waals surface area (Å²) >= 11 is 0. The van der Waals surface area contributed by atoms with Gasteiger partial charge in [0.15, 0.2) is 0 Å². The smallest absolute Gasteiger partial charge is 0.395 e. The van der Waals surface area contributed by atoms with Crippen molar-refractivity contribution in [2.45, 2.75) is 111 Å². The van der Waals surface area contributed by atoms with Crippen LogP contribution in [0, 0.1) is 0 Å². The van der Waals surface area contributed by atoms with E-state index in [0.29, 0.717) is 11.5 Å². The molecule has 0 aliphatic rings. The van der Waals surface area contributed by atoms with Crippen molar-refractivity contribution in [2.24, 2.45) is 0 Å². The molecule has 0 heterocycles. The topological polar surface area (TPSA) is 44.8 Å². The molecular formula is C35H49O4P. The monoisotopic (exact) mass is 564 g/mol. The molecule has 0 spiro atoms. The fraction of sp³-hybridized carbons (Fsp3) is 0.486. The Morgan fingerprint density at radius 3 is 1.27 bits per heavy atom. The molecule has 40 heavy (non-hydrogen) atoms. The normalized spacial score (nSPS) is 13.3. The standard InChI is InChI=1S/C35H49O4P/c1-32(2,3)26-20-16-22-28(30(26)34(7,8)9)38-40(36,37-24-25-18-14-13-15-19-25)39-29-23-17-21-27(33(4,5)6)31(29)35(10,11)12/h13-23H,24H2,1-12H3. The maximum Gasteiger partial charge on any atom is 0.587 e. The first kappa shape index (κ1) is 32.0. The highest BCUT2D eigenvalue weighted by atomic mass is 31.2. The van der Waals surface area contributed by atoms with Crippen LogP contribution in [-0.4, -0.2) is 0 Å². The van der Waals surface area contributed by atoms with Crippen molar-refractivity contribution in [1.82, 2.24) is 0 Å². The van der Waals surface area contributed by atoms with Crippen molar-refractivity contribution >= 4 is 7.82 Å². The molecule has 3 rings (SSSR count). The average Bonchev–Trinajstić information content (AvgIpc) is 2.81. The second kappa shape index (κ2) is 11.4. The first-order valence-electron chi connectivity index (χ1n) is 14.2. The van der Waals surface area contributed by atoms with E-state index >= 15 is 0 Å². The lowest BCUT2D eigenvalue weighted by Crippen LogP contribution is -2.24. The molecule has 0 unspecified atom stereocenters. The van der Waals surface area contributed by atoms with Gasteiger partial charge in [0.25, 0.3) is 0 Å². The van der Waals surface area contributed by atoms with Crippen LogP contribution in [0.4, 0.5) is 0 Å². The van der Waals surface area contributed by atoms with Gasteiger partial charge < -0.3 is 9.05 Å². The molecule has 5 heteroatoms. The summed E-state index contributed by atoms with van der Waals surface area (Å²) < 4.78 is 33.7. The van der Waals surface area contributed by atoms with Gasteiger partial charge in [-0.2, -0.15) is 0 Å². The molecule has 4 nitrogen and oxygen atoms in total. The van der Waals surface area contributed by atoms with E-state index in [1.54, 1.807) is 0 Å². The minimum Gasteiger partial charge on any atom is -0.395 e. The van der Waals surface area contributed by atoms with Gasteiger partial charge in [-0.05, 0) is 50.5 Å². The summed E-state index contributed by atoms with van der Waals surface area (Å²) in [7, 11) is -4.17. The molecule has 0 radical (unpaired) electrons. The van der Waals surface area contributed by atoms with Gasteiger partial charge in [0, 0.05) is 11.1 Å². The van der Waals surface area contributed by atoms with Crippen LogP contribution in [0.1, 0.15) is 111 Å². The Morgan fingerprint density at radius 1 is 0.525 bits per heavy atom. The summed E-state index contributed by atoms with van der Waals surface area (Å²) in [5.74, 6) is 1.03. The molecule has 0 bridgehead atoms. The molecular weight excluding hydrogens is 515 g/mol. The predicted octanol–water partition coefficient (Wildman–Crippen LogP) is 10.7. The van der Waals surface area contributed by atoms with Crippen LogP contribution in [0.3, 0.4) is 0 Å². The Morgan fingerprint density at radius 2 is 0.925 bits per heavy atom. The van der Waals surface area contributed by atoms with Crippen LogP contribution in [0.5, 0.6) is 11.5 Å². The molecule has 0 aliphatic carbocycles. The SMILES string of the molecule is CC(C)(C)c1cccc(OP(=O)(OCc2ccccc2)Oc2cccc(C(C)(C)C)c2C(C)(C)C)c1C(C)(C)C. The second-order valence-corrected chi connectivity index (χ2v) is 16.3. The quantitative estimate of drug-likeness (QED) is 0.268. The minimum atomic E-state index is -4.17. The molecule has 0 atom stereocenters. The summed E-state index contributed by atoms with van der Waals surface area (Å²) in [5.41, 5.74) is 4.32. The highest BCUT2D eigenvalue weighted by Crippen LogP contribution is 2.55. The fourth-order valence-corrected chi connectivity index (χ4v) is 6.29. The molecule has 0 saturated carbocycles. The summed E-state index contributed by atoms with van der Waals surface area (Å²) in [6, 6.07) is 21.6. The molecule has 0 aliphatic heterocycles. The van der Waals surface area contributed by atoms with E-state index in [0.717, 1.165) is 27.8 Å². The zero-order valence-electron chi connectivity index (χ0n) is 26.6. The second-order valence-electron chi connectivity index (χ2n) is 14.7. The third kappa shape index (κ3) is 7.80. The van der Waals surface area contributed by atoms with Crippen LogP contribution in [0.25, 0.3) is 0 Å². The first-order valence-corrected chi connectivity index (χ1v) is 15.6. The largest absolute Gasteiger partial charge is 0.587 e. The summed E-state index contributed by atoms with van der Waals surface area (Å²) in [6.07, 6.45) is 0. The van der Waals surface area contributed by atoms with E-state index in [1.165, 1.54) is 0 Å². The van der Waals surface area contributed by atoms with Gasteiger partial charge in [-0.15, -0.1) is 0 Å². The maximum atomic E-state index is 14.7. The third-order valence-electron chi connectivity index (χ3n) is 6.82. The Hall–Kier alpha value is -2.55. The highest BCUT2D eigenvalue weighted by molar-refractivity contribution is 7.49. The maximum absolute atomic E-state index is 14.7. The van der Waals surface area contributed by atoms with E-state index in [-0.39, 0.29) is 28.3 Å². The van der Waals surface area contributed by atoms with Crippen LogP contribution in [0.15, 0.2) is 66.7 Å². The van der Waals surface area contributed by atoms with Crippen molar-refractivity contribution in [1.29, 1.82) is 0 Å². The van der Waals surface area contributed by atoms with E-state index in [4.69, 9.17) is 13.6 Å². The summed E-state index contributed by atoms with van der Waals surface area (Å²) in [5, 5.41) is 0. The van der Waals surface area contributed by atoms with Crippen LogP contribution < -0.4 is 9.05 Å². The van der Waals surface area contributed by atoms with Crippen LogP contribution in [-0.2, 0) is 37.4 Å². The zero-order valence-corrected chi connectivity index (χ0v) is 27.5. The molecule has 0 N–H and O–H groups in total. The number of phosphoric ester groups is 1. The summed E-state index contributed by atoms with van der Waals surface area (Å²) in [4.78, 5) is 0. The Kier molecular flexibility index (Phi) is 9.09. The Bertz CT molecular complexity index is 1270. The predicted molar refractivity (Wildman–Crippen MR) is 168 cm³/mol. The lowest BCUT2D eigenvalue weighted by atomic mass is 9.75. The van der Waals surface area contributed by atoms with E-state index in [1.807, 2.05) is 54.6 Å². The first-order chi connectivity index (χ1) is 18.2. The van der Waals surface area contributed by atoms with Crippen molar-refractivity contribution < 1.29 is 18.1 Å². The zero-order chi connectivity index (χ0) is 30.1. The lowest BCUT2D eigenvalue weighted by molar-refractivity contribution is 0.199. The van der Waals surface area contributed by atoms with Crippen molar-refractivity contribution in [3.63, 3.8) is 0 Å². The van der Waals surface area contributed by atoms with Gasteiger partial charge in [-0.25, -0.2) is 4.57 Å². The summed E-state index contributed by atoms with van der Waals surface area (Å²) in [6.45, 7) is 26.0. The molecule has 0 saturated heterocycles. The van der Waals surface area contributed by atoms with E-state index in [9.17, 15) is 4.57 Å². The molecule has 0 aromatic heterocycles. The Balaban J connectivity index is 2.19. The molecule has 3 aromatic carbocycles. The van der Waals surface area contributed by atoms with Crippen molar-refractivity contribution in [3.05, 3.63) is 94.5 Å². The van der Waals surface area contributed by atoms with E-state index in [2.05, 4.69) is 95.2 Å². The average molecular weight is 565 g/mol. The van der Waals surface area contributed by atoms with Crippen LogP contribution in [0.2, 0.25) is 0 Å². The van der Waals surface area contributed by atoms with Gasteiger partial charge in [0.2, 0.25) is 0 Å². The van der Waals surface area contributed by atoms with Gasteiger partial charge >= 0.3 is 7.82 Å². The number of benzene rings is 3. The van der Waals surface area contributed by atoms with E-state index < -0.39 is 7.82 Å². The van der Waals surface area contributed by atoms with Gasteiger partial charge in [-0.1, -0.05) is 138 Å². The molecule has 218 valence electrons. The highest BCUT2D eigenvalue weighted by Gasteiger charge is 2.38. The van der Waals surface area contributed by atoms with Crippen molar-refractivity contribution in [2.75, 3.05) is 0 Å². The Labute approximate surface area is 243 Å². The lowest BCUT2D eigenvalue weighted by Gasteiger charge is -2.34. The van der Waals surface area contributed by atoms with Gasteiger partial charge in [-0.3, -0.25) is 4.52 Å². The molecule has 3 aromatic rings. The van der Waals surface area contributed by atoms with Crippen LogP contribution >= 0.6 is 7.82 Å². The molecule has 0 amide bonds. The van der Waals surface area contributed by atoms with Gasteiger partial charge in [0.05, 0.1) is 6.61 Å². The number of phosphoric acid groups is 1. The number of hydrogen-bond donors (Lipinski definition) is 0.